The molecule has 14 heavy (non-hydrogen) atoms. The van der Waals surface area contributed by atoms with Crippen molar-refractivity contribution in [2.24, 2.45) is 0 Å². The van der Waals surface area contributed by atoms with E-state index in [1.54, 1.807) is 27.6 Å². The molecule has 0 amide bonds. The van der Waals surface area contributed by atoms with Crippen molar-refractivity contribution >= 4 is 15.9 Å². The molecule has 3 nitrogen and oxygen atoms in total. The van der Waals surface area contributed by atoms with E-state index in [1.807, 2.05) is 6.08 Å². The summed E-state index contributed by atoms with van der Waals surface area (Å²) in [6.45, 7) is 0. The molecule has 1 rings (SSSR count). The molecule has 4 heteroatoms. The molecular weight excluding hydrogens is 248 g/mol. The van der Waals surface area contributed by atoms with Gasteiger partial charge in [0.1, 0.15) is 5.76 Å². The van der Waals surface area contributed by atoms with Crippen molar-refractivity contribution in [2.45, 2.75) is 6.42 Å². The van der Waals surface area contributed by atoms with Crippen LogP contribution in [0.3, 0.4) is 0 Å². The van der Waals surface area contributed by atoms with Crippen molar-refractivity contribution in [2.75, 3.05) is 21.3 Å². The van der Waals surface area contributed by atoms with Crippen molar-refractivity contribution < 1.29 is 14.2 Å². The highest BCUT2D eigenvalue weighted by molar-refractivity contribution is 9.12. The molecule has 0 fully saturated rings. The number of halogens is 1. The summed E-state index contributed by atoms with van der Waals surface area (Å²) in [5, 5.41) is 0. The highest BCUT2D eigenvalue weighted by atomic mass is 79.9. The van der Waals surface area contributed by atoms with Gasteiger partial charge < -0.3 is 14.2 Å². The first-order valence-corrected chi connectivity index (χ1v) is 4.92. The van der Waals surface area contributed by atoms with E-state index in [2.05, 4.69) is 15.9 Å². The third kappa shape index (κ3) is 2.32. The standard InChI is InChI=1S/C10H13BrO3/c1-12-6-7-4-8(11)10(14-3)9(5-7)13-2/h4,6H,5H2,1-3H3. The largest absolute Gasteiger partial charge is 0.504 e. The van der Waals surface area contributed by atoms with Crippen LogP contribution < -0.4 is 0 Å². The van der Waals surface area contributed by atoms with Gasteiger partial charge in [-0.1, -0.05) is 0 Å². The van der Waals surface area contributed by atoms with E-state index < -0.39 is 0 Å². The number of ether oxygens (including phenoxy) is 3. The van der Waals surface area contributed by atoms with Crippen LogP contribution in [-0.2, 0) is 14.2 Å². The van der Waals surface area contributed by atoms with E-state index in [1.165, 1.54) is 0 Å². The van der Waals surface area contributed by atoms with Crippen LogP contribution in [0.15, 0.2) is 33.9 Å². The predicted molar refractivity (Wildman–Crippen MR) is 57.8 cm³/mol. The van der Waals surface area contributed by atoms with Crippen LogP contribution in [0.1, 0.15) is 6.42 Å². The Morgan fingerprint density at radius 2 is 2.00 bits per heavy atom. The summed E-state index contributed by atoms with van der Waals surface area (Å²) < 4.78 is 16.2. The maximum atomic E-state index is 5.23. The van der Waals surface area contributed by atoms with Gasteiger partial charge in [-0.05, 0) is 27.6 Å². The van der Waals surface area contributed by atoms with Crippen molar-refractivity contribution in [3.8, 4) is 0 Å². The molecule has 0 unspecified atom stereocenters. The fourth-order valence-electron chi connectivity index (χ4n) is 1.28. The van der Waals surface area contributed by atoms with Crippen LogP contribution in [0.25, 0.3) is 0 Å². The van der Waals surface area contributed by atoms with Crippen molar-refractivity contribution in [3.05, 3.63) is 33.9 Å². The van der Waals surface area contributed by atoms with Crippen LogP contribution in [-0.4, -0.2) is 21.3 Å². The molecule has 0 saturated heterocycles. The first-order valence-electron chi connectivity index (χ1n) is 4.13. The zero-order chi connectivity index (χ0) is 10.6. The maximum Gasteiger partial charge on any atom is 0.170 e. The van der Waals surface area contributed by atoms with Crippen LogP contribution in [0.4, 0.5) is 0 Å². The lowest BCUT2D eigenvalue weighted by Gasteiger charge is -2.17. The second kappa shape index (κ2) is 5.10. The van der Waals surface area contributed by atoms with Gasteiger partial charge in [0.25, 0.3) is 0 Å². The van der Waals surface area contributed by atoms with Gasteiger partial charge in [-0.25, -0.2) is 0 Å². The molecule has 0 spiro atoms. The van der Waals surface area contributed by atoms with Crippen LogP contribution in [0, 0.1) is 0 Å². The molecule has 0 aromatic heterocycles. The first-order chi connectivity index (χ1) is 6.72. The summed E-state index contributed by atoms with van der Waals surface area (Å²) in [5.74, 6) is 1.53. The fourth-order valence-corrected chi connectivity index (χ4v) is 1.96. The summed E-state index contributed by atoms with van der Waals surface area (Å²) >= 11 is 3.41. The second-order valence-electron chi connectivity index (χ2n) is 2.76. The fraction of sp³-hybridized carbons (Fsp3) is 0.400. The van der Waals surface area contributed by atoms with Crippen molar-refractivity contribution in [3.63, 3.8) is 0 Å². The van der Waals surface area contributed by atoms with Gasteiger partial charge in [-0.3, -0.25) is 0 Å². The van der Waals surface area contributed by atoms with Crippen molar-refractivity contribution in [1.29, 1.82) is 0 Å². The molecule has 0 aromatic carbocycles. The third-order valence-electron chi connectivity index (χ3n) is 1.87. The molecule has 0 saturated carbocycles. The predicted octanol–water partition coefficient (Wildman–Crippen LogP) is 2.70. The summed E-state index contributed by atoms with van der Waals surface area (Å²) in [4.78, 5) is 0. The van der Waals surface area contributed by atoms with Gasteiger partial charge in [0, 0.05) is 6.42 Å². The van der Waals surface area contributed by atoms with E-state index in [0.717, 1.165) is 21.6 Å². The maximum absolute atomic E-state index is 5.23. The van der Waals surface area contributed by atoms with Gasteiger partial charge in [0.2, 0.25) is 0 Å². The van der Waals surface area contributed by atoms with Crippen LogP contribution in [0.5, 0.6) is 0 Å². The SMILES string of the molecule is COC=C1C=C(Br)C(OC)=C(OC)C1. The molecule has 0 aliphatic heterocycles. The van der Waals surface area contributed by atoms with Gasteiger partial charge in [0.05, 0.1) is 32.1 Å². The quantitative estimate of drug-likeness (QED) is 0.731. The molecule has 78 valence electrons. The first kappa shape index (κ1) is 11.2. The van der Waals surface area contributed by atoms with E-state index in [-0.39, 0.29) is 0 Å². The molecular formula is C10H13BrO3. The minimum Gasteiger partial charge on any atom is -0.504 e. The topological polar surface area (TPSA) is 27.7 Å². The monoisotopic (exact) mass is 260 g/mol. The lowest BCUT2D eigenvalue weighted by Crippen LogP contribution is -2.04. The van der Waals surface area contributed by atoms with Gasteiger partial charge in [-0.2, -0.15) is 0 Å². The molecule has 0 aromatic rings. The van der Waals surface area contributed by atoms with Gasteiger partial charge in [-0.15, -0.1) is 0 Å². The Morgan fingerprint density at radius 1 is 1.29 bits per heavy atom. The van der Waals surface area contributed by atoms with E-state index in [4.69, 9.17) is 14.2 Å². The zero-order valence-electron chi connectivity index (χ0n) is 8.46. The minimum absolute atomic E-state index is 0.683. The summed E-state index contributed by atoms with van der Waals surface area (Å²) in [5.41, 5.74) is 1.04. The Bertz CT molecular complexity index is 302. The summed E-state index contributed by atoms with van der Waals surface area (Å²) in [6, 6.07) is 0. The molecule has 0 radical (unpaired) electrons. The molecule has 0 atom stereocenters. The lowest BCUT2D eigenvalue weighted by atomic mass is 10.1. The van der Waals surface area contributed by atoms with E-state index in [0.29, 0.717) is 6.42 Å². The minimum atomic E-state index is 0.683. The van der Waals surface area contributed by atoms with E-state index >= 15 is 0 Å². The third-order valence-corrected chi connectivity index (χ3v) is 2.46. The van der Waals surface area contributed by atoms with Gasteiger partial charge >= 0.3 is 0 Å². The Hall–Kier alpha value is -0.900. The Balaban J connectivity index is 2.98. The molecule has 0 heterocycles. The number of methoxy groups -OCH3 is 3. The number of allylic oxidation sites excluding steroid dienone is 3. The molecule has 0 bridgehead atoms. The Morgan fingerprint density at radius 3 is 2.50 bits per heavy atom. The Kier molecular flexibility index (Phi) is 4.07. The van der Waals surface area contributed by atoms with Gasteiger partial charge in [0.15, 0.2) is 5.76 Å². The lowest BCUT2D eigenvalue weighted by molar-refractivity contribution is 0.222. The Labute approximate surface area is 92.2 Å². The average molecular weight is 261 g/mol. The number of rotatable bonds is 3. The summed E-state index contributed by atoms with van der Waals surface area (Å²) in [7, 11) is 4.87. The second-order valence-corrected chi connectivity index (χ2v) is 3.61. The van der Waals surface area contributed by atoms with Crippen molar-refractivity contribution in [1.82, 2.24) is 0 Å². The van der Waals surface area contributed by atoms with Crippen LogP contribution in [0.2, 0.25) is 0 Å². The normalized spacial score (nSPS) is 19.4. The molecule has 1 aliphatic carbocycles. The average Bonchev–Trinajstić information content (AvgIpc) is 2.17. The smallest absolute Gasteiger partial charge is 0.170 e. The zero-order valence-corrected chi connectivity index (χ0v) is 10.1. The summed E-state index contributed by atoms with van der Waals surface area (Å²) in [6.07, 6.45) is 4.32. The van der Waals surface area contributed by atoms with E-state index in [9.17, 15) is 0 Å². The molecule has 0 N–H and O–H groups in total. The van der Waals surface area contributed by atoms with Crippen LogP contribution >= 0.6 is 15.9 Å². The number of hydrogen-bond donors (Lipinski definition) is 0. The number of hydrogen-bond acceptors (Lipinski definition) is 3. The molecule has 1 aliphatic rings. The highest BCUT2D eigenvalue weighted by Crippen LogP contribution is 2.32. The highest BCUT2D eigenvalue weighted by Gasteiger charge is 2.18.